The third-order valence-electron chi connectivity index (χ3n) is 5.63. The third-order valence-corrected chi connectivity index (χ3v) is 5.63. The minimum Gasteiger partial charge on any atom is -0.327 e. The van der Waals surface area contributed by atoms with Crippen LogP contribution in [0.2, 0.25) is 0 Å². The summed E-state index contributed by atoms with van der Waals surface area (Å²) >= 11 is 0. The van der Waals surface area contributed by atoms with Crippen LogP contribution < -0.4 is 5.32 Å². The quantitative estimate of drug-likeness (QED) is 0.389. The Morgan fingerprint density at radius 3 is 2.29 bits per heavy atom. The molecular formula is C28H27FN4O2. The maximum Gasteiger partial charge on any atom is 0.257 e. The van der Waals surface area contributed by atoms with Gasteiger partial charge in [0.15, 0.2) is 0 Å². The van der Waals surface area contributed by atoms with Gasteiger partial charge in [-0.25, -0.2) is 9.07 Å². The molecule has 178 valence electrons. The van der Waals surface area contributed by atoms with Gasteiger partial charge in [0.25, 0.3) is 5.91 Å². The molecule has 0 fully saturated rings. The summed E-state index contributed by atoms with van der Waals surface area (Å²) in [5.41, 5.74) is 3.44. The summed E-state index contributed by atoms with van der Waals surface area (Å²) in [4.78, 5) is 27.4. The van der Waals surface area contributed by atoms with Crippen molar-refractivity contribution < 1.29 is 14.0 Å². The molecule has 4 aromatic rings. The molecule has 0 unspecified atom stereocenters. The Morgan fingerprint density at radius 1 is 0.971 bits per heavy atom. The highest BCUT2D eigenvalue weighted by Crippen LogP contribution is 2.25. The van der Waals surface area contributed by atoms with Gasteiger partial charge in [-0.05, 0) is 45.0 Å². The highest BCUT2D eigenvalue weighted by Gasteiger charge is 2.24. The average molecular weight is 471 g/mol. The number of anilines is 1. The second kappa shape index (κ2) is 10.3. The zero-order valence-electron chi connectivity index (χ0n) is 19.9. The molecule has 0 aliphatic rings. The first kappa shape index (κ1) is 23.9. The fourth-order valence-corrected chi connectivity index (χ4v) is 3.72. The van der Waals surface area contributed by atoms with Crippen LogP contribution in [-0.4, -0.2) is 39.1 Å². The van der Waals surface area contributed by atoms with Crippen molar-refractivity contribution in [2.45, 2.75) is 26.8 Å². The van der Waals surface area contributed by atoms with Crippen molar-refractivity contribution in [1.82, 2.24) is 14.7 Å². The zero-order chi connectivity index (χ0) is 24.9. The monoisotopic (exact) mass is 470 g/mol. The summed E-state index contributed by atoms with van der Waals surface area (Å²) in [6.07, 6.45) is 0. The van der Waals surface area contributed by atoms with Crippen molar-refractivity contribution in [1.29, 1.82) is 0 Å². The van der Waals surface area contributed by atoms with E-state index in [0.717, 1.165) is 16.8 Å². The second-order valence-electron chi connectivity index (χ2n) is 8.58. The fourth-order valence-electron chi connectivity index (χ4n) is 3.72. The van der Waals surface area contributed by atoms with Crippen molar-refractivity contribution in [3.05, 3.63) is 102 Å². The third kappa shape index (κ3) is 5.46. The molecule has 0 bridgehead atoms. The van der Waals surface area contributed by atoms with Crippen LogP contribution in [0.3, 0.4) is 0 Å². The van der Waals surface area contributed by atoms with E-state index in [9.17, 15) is 14.0 Å². The van der Waals surface area contributed by atoms with Crippen molar-refractivity contribution in [3.63, 3.8) is 0 Å². The molecular weight excluding hydrogens is 443 g/mol. The summed E-state index contributed by atoms with van der Waals surface area (Å²) in [6, 6.07) is 24.7. The van der Waals surface area contributed by atoms with Crippen LogP contribution in [0.1, 0.15) is 29.8 Å². The van der Waals surface area contributed by atoms with Crippen LogP contribution in [0.5, 0.6) is 0 Å². The fraction of sp³-hybridized carbons (Fsp3) is 0.179. The minimum atomic E-state index is -0.617. The summed E-state index contributed by atoms with van der Waals surface area (Å²) in [5.74, 6) is -1.09. The van der Waals surface area contributed by atoms with Gasteiger partial charge >= 0.3 is 0 Å². The average Bonchev–Trinajstić information content (AvgIpc) is 3.27. The number of aromatic nitrogens is 2. The Balaban J connectivity index is 1.62. The van der Waals surface area contributed by atoms with E-state index in [1.807, 2.05) is 61.5 Å². The Bertz CT molecular complexity index is 1330. The number of rotatable bonds is 7. The molecule has 3 aromatic carbocycles. The van der Waals surface area contributed by atoms with Gasteiger partial charge < -0.3 is 10.2 Å². The molecule has 2 amide bonds. The lowest BCUT2D eigenvalue weighted by Crippen LogP contribution is -2.42. The van der Waals surface area contributed by atoms with Gasteiger partial charge in [-0.15, -0.1) is 0 Å². The molecule has 0 saturated heterocycles. The van der Waals surface area contributed by atoms with Crippen LogP contribution >= 0.6 is 0 Å². The number of carbonyl (C=O) groups is 2. The van der Waals surface area contributed by atoms with Crippen LogP contribution in [-0.2, 0) is 4.79 Å². The molecule has 7 heteroatoms. The van der Waals surface area contributed by atoms with Crippen molar-refractivity contribution in [2.24, 2.45) is 0 Å². The number of halogens is 1. The number of aryl methyl sites for hydroxylation is 1. The van der Waals surface area contributed by atoms with E-state index in [1.165, 1.54) is 23.1 Å². The summed E-state index contributed by atoms with van der Waals surface area (Å²) in [7, 11) is 0. The van der Waals surface area contributed by atoms with Crippen LogP contribution in [0, 0.1) is 12.7 Å². The van der Waals surface area contributed by atoms with E-state index in [2.05, 4.69) is 5.32 Å². The molecule has 35 heavy (non-hydrogen) atoms. The highest BCUT2D eigenvalue weighted by atomic mass is 19.1. The first-order valence-corrected chi connectivity index (χ1v) is 11.4. The maximum atomic E-state index is 14.2. The van der Waals surface area contributed by atoms with E-state index in [4.69, 9.17) is 5.10 Å². The van der Waals surface area contributed by atoms with Gasteiger partial charge in [0.2, 0.25) is 5.91 Å². The summed E-state index contributed by atoms with van der Waals surface area (Å²) in [5, 5.41) is 7.61. The molecule has 0 atom stereocenters. The smallest absolute Gasteiger partial charge is 0.257 e. The molecule has 1 aromatic heterocycles. The van der Waals surface area contributed by atoms with E-state index >= 15 is 0 Å². The predicted octanol–water partition coefficient (Wildman–Crippen LogP) is 5.48. The molecule has 0 aliphatic carbocycles. The van der Waals surface area contributed by atoms with Gasteiger partial charge in [-0.2, -0.15) is 5.10 Å². The normalized spacial score (nSPS) is 10.9. The number of hydrogen-bond acceptors (Lipinski definition) is 3. The van der Waals surface area contributed by atoms with Crippen molar-refractivity contribution >= 4 is 17.6 Å². The van der Waals surface area contributed by atoms with Crippen molar-refractivity contribution in [3.8, 4) is 16.9 Å². The van der Waals surface area contributed by atoms with Gasteiger partial charge in [-0.1, -0.05) is 60.2 Å². The van der Waals surface area contributed by atoms with E-state index < -0.39 is 17.6 Å². The highest BCUT2D eigenvalue weighted by molar-refractivity contribution is 5.99. The molecule has 0 spiro atoms. The number of benzene rings is 3. The molecule has 0 radical (unpaired) electrons. The van der Waals surface area contributed by atoms with Gasteiger partial charge in [-0.3, -0.25) is 9.59 Å². The van der Waals surface area contributed by atoms with Gasteiger partial charge in [0, 0.05) is 17.7 Å². The van der Waals surface area contributed by atoms with E-state index in [0.29, 0.717) is 11.5 Å². The Labute approximate surface area is 204 Å². The number of amides is 2. The lowest BCUT2D eigenvalue weighted by Gasteiger charge is -2.26. The lowest BCUT2D eigenvalue weighted by molar-refractivity contribution is -0.117. The van der Waals surface area contributed by atoms with Gasteiger partial charge in [0.1, 0.15) is 18.2 Å². The molecule has 4 rings (SSSR count). The molecule has 1 heterocycles. The predicted molar refractivity (Wildman–Crippen MR) is 135 cm³/mol. The second-order valence-corrected chi connectivity index (χ2v) is 8.58. The number of hydrogen-bond donors (Lipinski definition) is 1. The first-order chi connectivity index (χ1) is 16.8. The number of nitrogens with zero attached hydrogens (tertiary/aromatic N) is 3. The zero-order valence-corrected chi connectivity index (χ0v) is 19.9. The van der Waals surface area contributed by atoms with Crippen molar-refractivity contribution in [2.75, 3.05) is 11.9 Å². The van der Waals surface area contributed by atoms with Crippen LogP contribution in [0.25, 0.3) is 16.9 Å². The van der Waals surface area contributed by atoms with Gasteiger partial charge in [0.05, 0.1) is 16.9 Å². The van der Waals surface area contributed by atoms with Crippen LogP contribution in [0.4, 0.5) is 10.2 Å². The Hall–Kier alpha value is -4.26. The number of carbonyl (C=O) groups excluding carboxylic acids is 2. The minimum absolute atomic E-state index is 0.0648. The molecule has 0 aliphatic heterocycles. The van der Waals surface area contributed by atoms with Crippen LogP contribution in [0.15, 0.2) is 84.9 Å². The summed E-state index contributed by atoms with van der Waals surface area (Å²) < 4.78 is 15.9. The molecule has 0 saturated carbocycles. The van der Waals surface area contributed by atoms with E-state index in [-0.39, 0.29) is 18.2 Å². The summed E-state index contributed by atoms with van der Waals surface area (Å²) in [6.45, 7) is 5.34. The SMILES string of the molecule is Cc1ccc(-n2nc(-c3ccccc3)cc2NC(=O)CN(C(=O)c2ccccc2F)C(C)C)cc1. The molecule has 6 nitrogen and oxygen atoms in total. The van der Waals surface area contributed by atoms with E-state index in [1.54, 1.807) is 30.7 Å². The standard InChI is InChI=1S/C28H27FN4O2/c1-19(2)32(28(35)23-11-7-8-12-24(23)29)18-27(34)30-26-17-25(21-9-5-4-6-10-21)31-33(26)22-15-13-20(3)14-16-22/h4-17,19H,18H2,1-3H3,(H,30,34). The Morgan fingerprint density at radius 2 is 1.63 bits per heavy atom. The lowest BCUT2D eigenvalue weighted by atomic mass is 10.1. The topological polar surface area (TPSA) is 67.2 Å². The Kier molecular flexibility index (Phi) is 7.06. The maximum absolute atomic E-state index is 14.2. The largest absolute Gasteiger partial charge is 0.327 e. The number of nitrogens with one attached hydrogen (secondary N) is 1. The first-order valence-electron chi connectivity index (χ1n) is 11.4. The molecule has 1 N–H and O–H groups in total.